The van der Waals surface area contributed by atoms with E-state index in [4.69, 9.17) is 15.5 Å². The lowest BCUT2D eigenvalue weighted by molar-refractivity contribution is -0.169. The zero-order chi connectivity index (χ0) is 30.5. The number of benzene rings is 1. The maximum atomic E-state index is 15.6. The summed E-state index contributed by atoms with van der Waals surface area (Å²) in [5.74, 6) is -3.95. The van der Waals surface area contributed by atoms with E-state index in [9.17, 15) is 18.4 Å². The molecule has 0 spiro atoms. The third-order valence-electron chi connectivity index (χ3n) is 8.04. The van der Waals surface area contributed by atoms with Crippen molar-refractivity contribution in [1.29, 1.82) is 0 Å². The lowest BCUT2D eigenvalue weighted by Gasteiger charge is -2.42. The van der Waals surface area contributed by atoms with Crippen molar-refractivity contribution in [3.8, 4) is 11.3 Å². The van der Waals surface area contributed by atoms with Gasteiger partial charge in [-0.3, -0.25) is 14.0 Å². The summed E-state index contributed by atoms with van der Waals surface area (Å²) in [4.78, 5) is 40.8. The molecule has 1 atom stereocenters. The van der Waals surface area contributed by atoms with Gasteiger partial charge in [0.25, 0.3) is 11.8 Å². The number of alkyl halides is 2. The average molecular weight is 594 g/mol. The zero-order valence-electron chi connectivity index (χ0n) is 23.6. The van der Waals surface area contributed by atoms with E-state index < -0.39 is 23.1 Å². The van der Waals surface area contributed by atoms with Crippen LogP contribution < -0.4 is 11.1 Å². The molecule has 2 fully saturated rings. The van der Waals surface area contributed by atoms with Gasteiger partial charge >= 0.3 is 0 Å². The largest absolute Gasteiger partial charge is 0.382 e. The predicted octanol–water partition coefficient (Wildman–Crippen LogP) is 4.62. The first-order chi connectivity index (χ1) is 20.4. The maximum absolute atomic E-state index is 15.6. The number of carbonyl (C=O) groups is 2. The Balaban J connectivity index is 1.29. The Kier molecular flexibility index (Phi) is 7.07. The maximum Gasteiger partial charge on any atom is 0.270 e. The topological polar surface area (TPSA) is 128 Å². The summed E-state index contributed by atoms with van der Waals surface area (Å²) in [6.07, 6.45) is 5.97. The van der Waals surface area contributed by atoms with Crippen molar-refractivity contribution in [1.82, 2.24) is 24.3 Å². The fraction of sp³-hybridized carbons (Fsp3) is 0.367. The second-order valence-electron chi connectivity index (χ2n) is 11.5. The standard InChI is InChI=1S/C30H30F3N7O3/c1-29(15-43-16-29)28(42)39-10-3-4-18(14-39)26-38-23(24-25(34)36-9-11-40(24)26)20-6-5-17(12-21(20)31)27(41)37-22-13-19(7-8-35-22)30(2,32)33/h5-9,11-13,18H,3-4,10,14-16H2,1-2H3,(H2,34,36)(H,35,37,41)/t18-/m1/s1. The van der Waals surface area contributed by atoms with E-state index in [1.54, 1.807) is 10.6 Å². The number of halogens is 3. The van der Waals surface area contributed by atoms with E-state index >= 15 is 4.39 Å². The van der Waals surface area contributed by atoms with E-state index in [0.29, 0.717) is 37.6 Å². The van der Waals surface area contributed by atoms with Crippen molar-refractivity contribution in [3.05, 3.63) is 71.7 Å². The molecule has 2 aliphatic rings. The first kappa shape index (κ1) is 28.6. The van der Waals surface area contributed by atoms with Crippen LogP contribution in [0.1, 0.15) is 54.4 Å². The van der Waals surface area contributed by atoms with Crippen LogP contribution in [0.5, 0.6) is 0 Å². The Hall–Kier alpha value is -4.52. The number of anilines is 2. The monoisotopic (exact) mass is 593 g/mol. The molecule has 3 N–H and O–H groups in total. The number of nitrogens with zero attached hydrogens (tertiary/aromatic N) is 5. The van der Waals surface area contributed by atoms with E-state index in [1.807, 2.05) is 11.8 Å². The van der Waals surface area contributed by atoms with Gasteiger partial charge in [-0.2, -0.15) is 0 Å². The second kappa shape index (κ2) is 10.6. The molecule has 2 amide bonds. The van der Waals surface area contributed by atoms with Gasteiger partial charge in [0.15, 0.2) is 0 Å². The van der Waals surface area contributed by atoms with Crippen molar-refractivity contribution >= 4 is 29.0 Å². The molecule has 5 heterocycles. The molecular weight excluding hydrogens is 563 g/mol. The van der Waals surface area contributed by atoms with Gasteiger partial charge in [-0.15, -0.1) is 0 Å². The lowest BCUT2D eigenvalue weighted by atomic mass is 9.85. The van der Waals surface area contributed by atoms with Crippen LogP contribution in [0.15, 0.2) is 48.9 Å². The van der Waals surface area contributed by atoms with Gasteiger partial charge in [-0.05, 0) is 50.1 Å². The molecule has 0 saturated carbocycles. The minimum atomic E-state index is -3.12. The molecule has 13 heteroatoms. The van der Waals surface area contributed by atoms with Crippen molar-refractivity contribution in [3.63, 3.8) is 0 Å². The first-order valence-electron chi connectivity index (χ1n) is 13.9. The van der Waals surface area contributed by atoms with Crippen LogP contribution in [-0.2, 0) is 15.5 Å². The highest BCUT2D eigenvalue weighted by Crippen LogP contribution is 2.37. The number of pyridine rings is 1. The summed E-state index contributed by atoms with van der Waals surface area (Å²) in [5.41, 5.74) is 6.16. The molecule has 4 aromatic rings. The van der Waals surface area contributed by atoms with Crippen LogP contribution in [0.4, 0.5) is 24.8 Å². The van der Waals surface area contributed by atoms with Crippen LogP contribution in [-0.4, -0.2) is 62.4 Å². The number of rotatable bonds is 6. The number of amides is 2. The minimum Gasteiger partial charge on any atom is -0.382 e. The summed E-state index contributed by atoms with van der Waals surface area (Å²) in [6.45, 7) is 4.54. The van der Waals surface area contributed by atoms with E-state index in [-0.39, 0.29) is 45.8 Å². The van der Waals surface area contributed by atoms with Crippen molar-refractivity contribution < 1.29 is 27.5 Å². The highest BCUT2D eigenvalue weighted by Gasteiger charge is 2.45. The number of fused-ring (bicyclic) bond motifs is 1. The average Bonchev–Trinajstić information content (AvgIpc) is 3.36. The third-order valence-corrected chi connectivity index (χ3v) is 8.04. The Bertz CT molecular complexity index is 1730. The van der Waals surface area contributed by atoms with Crippen LogP contribution in [0.25, 0.3) is 16.8 Å². The van der Waals surface area contributed by atoms with Crippen molar-refractivity contribution in [2.45, 2.75) is 38.5 Å². The van der Waals surface area contributed by atoms with Gasteiger partial charge in [0.05, 0.1) is 18.6 Å². The molecule has 2 saturated heterocycles. The number of carbonyl (C=O) groups excluding carboxylic acids is 2. The van der Waals surface area contributed by atoms with Crippen LogP contribution in [0, 0.1) is 11.2 Å². The van der Waals surface area contributed by atoms with Gasteiger partial charge in [0, 0.05) is 61.2 Å². The minimum absolute atomic E-state index is 0.0403. The van der Waals surface area contributed by atoms with E-state index in [1.165, 1.54) is 18.3 Å². The van der Waals surface area contributed by atoms with Crippen LogP contribution >= 0.6 is 0 Å². The van der Waals surface area contributed by atoms with Crippen LogP contribution in [0.3, 0.4) is 0 Å². The van der Waals surface area contributed by atoms with Crippen molar-refractivity contribution in [2.75, 3.05) is 37.4 Å². The van der Waals surface area contributed by atoms with Gasteiger partial charge in [-0.1, -0.05) is 0 Å². The summed E-state index contributed by atoms with van der Waals surface area (Å²) in [7, 11) is 0. The van der Waals surface area contributed by atoms with Crippen LogP contribution in [0.2, 0.25) is 0 Å². The summed E-state index contributed by atoms with van der Waals surface area (Å²) in [5, 5.41) is 2.44. The molecular formula is C30H30F3N7O3. The number of aromatic nitrogens is 4. The molecule has 3 aromatic heterocycles. The highest BCUT2D eigenvalue weighted by atomic mass is 19.3. The number of ether oxygens (including phenoxy) is 1. The number of likely N-dealkylation sites (tertiary alicyclic amines) is 1. The number of piperidine rings is 1. The summed E-state index contributed by atoms with van der Waals surface area (Å²) >= 11 is 0. The van der Waals surface area contributed by atoms with Gasteiger partial charge in [-0.25, -0.2) is 28.1 Å². The molecule has 43 heavy (non-hydrogen) atoms. The molecule has 1 aromatic carbocycles. The number of nitrogens with one attached hydrogen (secondary N) is 1. The molecule has 0 radical (unpaired) electrons. The molecule has 0 aliphatic carbocycles. The first-order valence-corrected chi connectivity index (χ1v) is 13.9. The quantitative estimate of drug-likeness (QED) is 0.334. The Morgan fingerprint density at radius 3 is 2.65 bits per heavy atom. The Labute approximate surface area is 245 Å². The Morgan fingerprint density at radius 2 is 1.95 bits per heavy atom. The normalized spacial score (nSPS) is 18.3. The molecule has 10 nitrogen and oxygen atoms in total. The molecule has 0 bridgehead atoms. The second-order valence-corrected chi connectivity index (χ2v) is 11.5. The molecule has 224 valence electrons. The molecule has 6 rings (SSSR count). The smallest absolute Gasteiger partial charge is 0.270 e. The lowest BCUT2D eigenvalue weighted by Crippen LogP contribution is -2.55. The molecule has 0 unspecified atom stereocenters. The fourth-order valence-electron chi connectivity index (χ4n) is 5.66. The number of hydrogen-bond acceptors (Lipinski definition) is 7. The Morgan fingerprint density at radius 1 is 1.16 bits per heavy atom. The number of hydrogen-bond donors (Lipinski definition) is 2. The van der Waals surface area contributed by atoms with Gasteiger partial charge in [0.1, 0.15) is 34.5 Å². The highest BCUT2D eigenvalue weighted by molar-refractivity contribution is 6.04. The van der Waals surface area contributed by atoms with Gasteiger partial charge in [0.2, 0.25) is 5.91 Å². The third kappa shape index (κ3) is 5.29. The van der Waals surface area contributed by atoms with E-state index in [2.05, 4.69) is 15.3 Å². The predicted molar refractivity (Wildman–Crippen MR) is 152 cm³/mol. The number of nitrogens with two attached hydrogens (primary N) is 1. The SMILES string of the molecule is CC1(C(=O)N2CCC[C@@H](c3nc(-c4ccc(C(=O)Nc5cc(C(C)(F)F)ccn5)cc4F)c4c(N)nccn34)C2)COC1. The van der Waals surface area contributed by atoms with Crippen molar-refractivity contribution in [2.24, 2.45) is 5.41 Å². The fourth-order valence-corrected chi connectivity index (χ4v) is 5.66. The van der Waals surface area contributed by atoms with E-state index in [0.717, 1.165) is 44.2 Å². The summed E-state index contributed by atoms with van der Waals surface area (Å²) in [6, 6.07) is 6.09. The zero-order valence-corrected chi connectivity index (χ0v) is 23.6. The number of nitrogen functional groups attached to an aromatic ring is 1. The van der Waals surface area contributed by atoms with Gasteiger partial charge < -0.3 is 20.7 Å². The summed E-state index contributed by atoms with van der Waals surface area (Å²) < 4.78 is 50.1. The molecule has 2 aliphatic heterocycles. The number of imidazole rings is 1.